The molecular formula is C12H11NNa2O4. The van der Waals surface area contributed by atoms with E-state index in [-0.39, 0.29) is 59.1 Å². The largest absolute Gasteiger partial charge is 1.00 e. The molecule has 0 saturated heterocycles. The van der Waals surface area contributed by atoms with Gasteiger partial charge in [0.1, 0.15) is 0 Å². The SMILES string of the molecule is N#CC1CC2C=CC1C2.O=C([O-])/C=C\C(=O)[O-].[Na+].[Na+]. The average molecular weight is 279 g/mol. The summed E-state index contributed by atoms with van der Waals surface area (Å²) >= 11 is 0. The third kappa shape index (κ3) is 7.93. The number of allylic oxidation sites excluding steroid dienone is 2. The summed E-state index contributed by atoms with van der Waals surface area (Å²) in [5.41, 5.74) is 0. The van der Waals surface area contributed by atoms with Crippen LogP contribution in [-0.4, -0.2) is 11.9 Å². The maximum atomic E-state index is 9.41. The molecule has 0 aromatic carbocycles. The topological polar surface area (TPSA) is 104 Å². The van der Waals surface area contributed by atoms with E-state index in [0.29, 0.717) is 24.0 Å². The minimum Gasteiger partial charge on any atom is -0.545 e. The van der Waals surface area contributed by atoms with Crippen LogP contribution in [0.4, 0.5) is 0 Å². The van der Waals surface area contributed by atoms with Crippen molar-refractivity contribution in [3.63, 3.8) is 0 Å². The Morgan fingerprint density at radius 1 is 1.11 bits per heavy atom. The molecule has 0 N–H and O–H groups in total. The predicted molar refractivity (Wildman–Crippen MR) is 53.6 cm³/mol. The minimum absolute atomic E-state index is 0. The second kappa shape index (κ2) is 10.7. The fourth-order valence-corrected chi connectivity index (χ4v) is 2.07. The number of hydrogen-bond acceptors (Lipinski definition) is 5. The third-order valence-electron chi connectivity index (χ3n) is 2.80. The van der Waals surface area contributed by atoms with Crippen molar-refractivity contribution >= 4 is 11.9 Å². The number of carbonyl (C=O) groups is 2. The van der Waals surface area contributed by atoms with Crippen molar-refractivity contribution in [2.24, 2.45) is 17.8 Å². The molecule has 0 heterocycles. The number of nitrogens with zero attached hydrogens (tertiary/aromatic N) is 1. The van der Waals surface area contributed by atoms with Crippen molar-refractivity contribution in [1.29, 1.82) is 5.26 Å². The molecule has 1 saturated carbocycles. The van der Waals surface area contributed by atoms with Crippen LogP contribution in [0.1, 0.15) is 12.8 Å². The maximum Gasteiger partial charge on any atom is 1.00 e. The molecule has 0 aromatic heterocycles. The van der Waals surface area contributed by atoms with Crippen LogP contribution < -0.4 is 69.3 Å². The van der Waals surface area contributed by atoms with Crippen molar-refractivity contribution < 1.29 is 78.9 Å². The number of fused-ring (bicyclic) bond motifs is 2. The summed E-state index contributed by atoms with van der Waals surface area (Å²) in [5, 5.41) is 27.4. The smallest absolute Gasteiger partial charge is 0.545 e. The number of rotatable bonds is 2. The molecule has 2 aliphatic rings. The van der Waals surface area contributed by atoms with Gasteiger partial charge in [0.25, 0.3) is 0 Å². The van der Waals surface area contributed by atoms with Crippen molar-refractivity contribution in [3.05, 3.63) is 24.3 Å². The van der Waals surface area contributed by atoms with Crippen LogP contribution in [0, 0.1) is 29.1 Å². The van der Waals surface area contributed by atoms with E-state index >= 15 is 0 Å². The van der Waals surface area contributed by atoms with Crippen molar-refractivity contribution in [3.8, 4) is 6.07 Å². The monoisotopic (exact) mass is 279 g/mol. The number of hydrogen-bond donors (Lipinski definition) is 0. The fraction of sp³-hybridized carbons (Fsp3) is 0.417. The summed E-state index contributed by atoms with van der Waals surface area (Å²) in [4.78, 5) is 18.8. The Morgan fingerprint density at radius 3 is 1.84 bits per heavy atom. The van der Waals surface area contributed by atoms with Crippen molar-refractivity contribution in [1.82, 2.24) is 0 Å². The second-order valence-electron chi connectivity index (χ2n) is 3.99. The summed E-state index contributed by atoms with van der Waals surface area (Å²) in [6, 6.07) is 2.34. The van der Waals surface area contributed by atoms with Gasteiger partial charge in [0.05, 0.1) is 23.9 Å². The summed E-state index contributed by atoms with van der Waals surface area (Å²) in [7, 11) is 0. The van der Waals surface area contributed by atoms with Gasteiger partial charge in [-0.1, -0.05) is 12.2 Å². The zero-order valence-corrected chi connectivity index (χ0v) is 15.0. The summed E-state index contributed by atoms with van der Waals surface area (Å²) in [5.74, 6) is -1.39. The molecule has 2 rings (SSSR count). The maximum absolute atomic E-state index is 9.41. The molecule has 0 aromatic rings. The van der Waals surface area contributed by atoms with Crippen LogP contribution >= 0.6 is 0 Å². The Labute approximate surface area is 155 Å². The van der Waals surface area contributed by atoms with Gasteiger partial charge in [0.2, 0.25) is 0 Å². The number of nitriles is 1. The normalized spacial score (nSPS) is 25.5. The van der Waals surface area contributed by atoms with Crippen LogP contribution in [0.2, 0.25) is 0 Å². The molecule has 0 amide bonds. The van der Waals surface area contributed by atoms with E-state index in [2.05, 4.69) is 18.2 Å². The Bertz CT molecular complexity index is 398. The van der Waals surface area contributed by atoms with E-state index < -0.39 is 11.9 Å². The van der Waals surface area contributed by atoms with E-state index in [0.717, 1.165) is 12.3 Å². The molecule has 3 atom stereocenters. The van der Waals surface area contributed by atoms with Crippen LogP contribution in [0.25, 0.3) is 0 Å². The fourth-order valence-electron chi connectivity index (χ4n) is 2.07. The van der Waals surface area contributed by atoms with Gasteiger partial charge in [0.15, 0.2) is 0 Å². The van der Waals surface area contributed by atoms with E-state index in [4.69, 9.17) is 5.26 Å². The molecule has 19 heavy (non-hydrogen) atoms. The molecule has 0 radical (unpaired) electrons. The van der Waals surface area contributed by atoms with E-state index in [1.54, 1.807) is 0 Å². The first kappa shape index (κ1) is 21.2. The standard InChI is InChI=1S/C8H9N.C4H4O4.2Na/c9-5-8-4-6-1-2-7(8)3-6;5-3(6)1-2-4(7)8;;/h1-2,6-8H,3-4H2;1-2H,(H,5,6)(H,7,8);;/q;;2*+1/p-2/b;2-1-;;. The van der Waals surface area contributed by atoms with Gasteiger partial charge >= 0.3 is 59.1 Å². The summed E-state index contributed by atoms with van der Waals surface area (Å²) in [6.45, 7) is 0. The molecular weight excluding hydrogens is 268 g/mol. The second-order valence-corrected chi connectivity index (χ2v) is 3.99. The van der Waals surface area contributed by atoms with Gasteiger partial charge in [-0.3, -0.25) is 0 Å². The molecule has 1 fully saturated rings. The minimum atomic E-state index is -1.55. The van der Waals surface area contributed by atoms with Crippen LogP contribution in [0.15, 0.2) is 24.3 Å². The summed E-state index contributed by atoms with van der Waals surface area (Å²) < 4.78 is 0. The zero-order chi connectivity index (χ0) is 12.8. The van der Waals surface area contributed by atoms with E-state index in [1.165, 1.54) is 6.42 Å². The Hall–Kier alpha value is -0.0900. The molecule has 5 nitrogen and oxygen atoms in total. The van der Waals surface area contributed by atoms with Crippen molar-refractivity contribution in [2.45, 2.75) is 12.8 Å². The molecule has 7 heteroatoms. The Morgan fingerprint density at radius 2 is 1.63 bits per heavy atom. The van der Waals surface area contributed by atoms with Gasteiger partial charge in [-0.25, -0.2) is 0 Å². The molecule has 0 aliphatic heterocycles. The van der Waals surface area contributed by atoms with Gasteiger partial charge in [-0.05, 0) is 36.8 Å². The van der Waals surface area contributed by atoms with Gasteiger partial charge in [-0.15, -0.1) is 0 Å². The quantitative estimate of drug-likeness (QED) is 0.284. The Balaban J connectivity index is 0. The molecule has 2 aliphatic carbocycles. The number of aliphatic carboxylic acids is 2. The van der Waals surface area contributed by atoms with Crippen LogP contribution in [0.3, 0.4) is 0 Å². The zero-order valence-electron chi connectivity index (χ0n) is 11.0. The first-order valence-corrected chi connectivity index (χ1v) is 5.21. The number of carboxylic acid groups (broad SMARTS) is 2. The van der Waals surface area contributed by atoms with Gasteiger partial charge in [-0.2, -0.15) is 5.26 Å². The van der Waals surface area contributed by atoms with Crippen LogP contribution in [0.5, 0.6) is 0 Å². The number of carbonyl (C=O) groups excluding carboxylic acids is 2. The molecule has 0 spiro atoms. The van der Waals surface area contributed by atoms with E-state index in [9.17, 15) is 19.8 Å². The molecule has 3 unspecified atom stereocenters. The van der Waals surface area contributed by atoms with Gasteiger partial charge < -0.3 is 19.8 Å². The first-order chi connectivity index (χ1) is 8.02. The third-order valence-corrected chi connectivity index (χ3v) is 2.80. The average Bonchev–Trinajstić information content (AvgIpc) is 2.88. The van der Waals surface area contributed by atoms with Crippen molar-refractivity contribution in [2.75, 3.05) is 0 Å². The van der Waals surface area contributed by atoms with Crippen LogP contribution in [-0.2, 0) is 9.59 Å². The first-order valence-electron chi connectivity index (χ1n) is 5.21. The Kier molecular flexibility index (Phi) is 11.9. The predicted octanol–water partition coefficient (Wildman–Crippen LogP) is -7.23. The summed E-state index contributed by atoms with van der Waals surface area (Å²) in [6.07, 6.45) is 7.61. The molecule has 2 bridgehead atoms. The van der Waals surface area contributed by atoms with E-state index in [1.807, 2.05) is 0 Å². The number of carboxylic acids is 2. The molecule has 90 valence electrons. The van der Waals surface area contributed by atoms with Gasteiger partial charge in [0, 0.05) is 0 Å².